The maximum atomic E-state index is 12.9. The van der Waals surface area contributed by atoms with Crippen LogP contribution in [0.4, 0.5) is 5.00 Å². The van der Waals surface area contributed by atoms with Crippen molar-refractivity contribution < 1.29 is 14.3 Å². The van der Waals surface area contributed by atoms with E-state index in [9.17, 15) is 9.59 Å². The summed E-state index contributed by atoms with van der Waals surface area (Å²) in [5.41, 5.74) is 1.41. The molecule has 0 unspecified atom stereocenters. The first-order valence-electron chi connectivity index (χ1n) is 9.18. The van der Waals surface area contributed by atoms with Crippen LogP contribution in [0.5, 0.6) is 0 Å². The van der Waals surface area contributed by atoms with Crippen LogP contribution in [0.3, 0.4) is 0 Å². The molecule has 1 aromatic rings. The number of fused-ring (bicyclic) bond motifs is 1. The number of rotatable bonds is 4. The molecule has 132 valence electrons. The average Bonchev–Trinajstić information content (AvgIpc) is 2.93. The van der Waals surface area contributed by atoms with Crippen LogP contribution >= 0.6 is 11.3 Å². The van der Waals surface area contributed by atoms with Gasteiger partial charge in [-0.25, -0.2) is 4.79 Å². The summed E-state index contributed by atoms with van der Waals surface area (Å²) in [5, 5.41) is 3.80. The van der Waals surface area contributed by atoms with E-state index in [-0.39, 0.29) is 17.3 Å². The normalized spacial score (nSPS) is 19.4. The molecule has 0 aliphatic heterocycles. The van der Waals surface area contributed by atoms with Crippen LogP contribution in [0.1, 0.15) is 79.6 Å². The topological polar surface area (TPSA) is 55.4 Å². The van der Waals surface area contributed by atoms with Crippen molar-refractivity contribution in [1.82, 2.24) is 0 Å². The first kappa shape index (κ1) is 17.5. The quantitative estimate of drug-likeness (QED) is 0.801. The van der Waals surface area contributed by atoms with E-state index in [1.54, 1.807) is 11.3 Å². The first-order chi connectivity index (χ1) is 11.5. The summed E-state index contributed by atoms with van der Waals surface area (Å²) in [5.74, 6) is -0.229. The van der Waals surface area contributed by atoms with Gasteiger partial charge in [-0.1, -0.05) is 26.2 Å². The molecule has 0 saturated heterocycles. The third kappa shape index (κ3) is 3.37. The van der Waals surface area contributed by atoms with Crippen molar-refractivity contribution in [2.75, 3.05) is 11.9 Å². The summed E-state index contributed by atoms with van der Waals surface area (Å²) in [6.07, 6.45) is 9.45. The zero-order valence-electron chi connectivity index (χ0n) is 14.7. The lowest BCUT2D eigenvalue weighted by Gasteiger charge is -2.31. The van der Waals surface area contributed by atoms with Crippen LogP contribution in [-0.4, -0.2) is 18.5 Å². The molecule has 4 nitrogen and oxygen atoms in total. The summed E-state index contributed by atoms with van der Waals surface area (Å²) in [4.78, 5) is 26.6. The number of thiophene rings is 1. The number of amides is 1. The Bertz CT molecular complexity index is 629. The van der Waals surface area contributed by atoms with Gasteiger partial charge in [-0.05, 0) is 51.0 Å². The lowest BCUT2D eigenvalue weighted by molar-refractivity contribution is -0.126. The highest BCUT2D eigenvalue weighted by Crippen LogP contribution is 2.41. The molecule has 0 radical (unpaired) electrons. The Balaban J connectivity index is 1.88. The Morgan fingerprint density at radius 3 is 2.54 bits per heavy atom. The fraction of sp³-hybridized carbons (Fsp3) is 0.684. The molecule has 1 N–H and O–H groups in total. The third-order valence-corrected chi connectivity index (χ3v) is 6.59. The molecule has 1 heterocycles. The van der Waals surface area contributed by atoms with E-state index in [0.717, 1.165) is 56.9 Å². The third-order valence-electron chi connectivity index (χ3n) is 5.38. The van der Waals surface area contributed by atoms with Crippen LogP contribution in [0.2, 0.25) is 0 Å². The van der Waals surface area contributed by atoms with Crippen LogP contribution < -0.4 is 5.32 Å². The molecule has 2 aliphatic carbocycles. The van der Waals surface area contributed by atoms with E-state index in [4.69, 9.17) is 4.74 Å². The molecule has 1 saturated carbocycles. The highest BCUT2D eigenvalue weighted by atomic mass is 32.1. The fourth-order valence-corrected chi connectivity index (χ4v) is 5.16. The highest BCUT2D eigenvalue weighted by molar-refractivity contribution is 7.17. The van der Waals surface area contributed by atoms with Gasteiger partial charge in [0.05, 0.1) is 12.2 Å². The van der Waals surface area contributed by atoms with Gasteiger partial charge in [-0.15, -0.1) is 11.3 Å². The van der Waals surface area contributed by atoms with Crippen LogP contribution in [0, 0.1) is 5.41 Å². The maximum absolute atomic E-state index is 12.9. The molecule has 1 fully saturated rings. The minimum absolute atomic E-state index is 0.0614. The standard InChI is InChI=1S/C19H27NO3S/c1-3-23-17(21)15-13-9-5-6-10-14(13)24-16(15)20-18(22)19(2)11-7-4-8-12-19/h3-12H2,1-2H3,(H,20,22). The molecule has 0 spiro atoms. The van der Waals surface area contributed by atoms with Gasteiger partial charge < -0.3 is 10.1 Å². The molecule has 5 heteroatoms. The van der Waals surface area contributed by atoms with Gasteiger partial charge in [0, 0.05) is 10.3 Å². The molecule has 24 heavy (non-hydrogen) atoms. The SMILES string of the molecule is CCOC(=O)c1c(NC(=O)C2(C)CCCCC2)sc2c1CCCC2. The maximum Gasteiger partial charge on any atom is 0.341 e. The monoisotopic (exact) mass is 349 g/mol. The van der Waals surface area contributed by atoms with E-state index in [2.05, 4.69) is 12.2 Å². The second-order valence-electron chi connectivity index (χ2n) is 7.21. The van der Waals surface area contributed by atoms with Crippen LogP contribution in [0.25, 0.3) is 0 Å². The van der Waals surface area contributed by atoms with Gasteiger partial charge in [0.2, 0.25) is 5.91 Å². The number of carbonyl (C=O) groups is 2. The van der Waals surface area contributed by atoms with Crippen molar-refractivity contribution in [1.29, 1.82) is 0 Å². The number of ether oxygens (including phenoxy) is 1. The zero-order chi connectivity index (χ0) is 17.2. The predicted octanol–water partition coefficient (Wildman–Crippen LogP) is 4.71. The lowest BCUT2D eigenvalue weighted by Crippen LogP contribution is -2.35. The number of carbonyl (C=O) groups excluding carboxylic acids is 2. The first-order valence-corrected chi connectivity index (χ1v) is 10.00. The smallest absolute Gasteiger partial charge is 0.341 e. The van der Waals surface area contributed by atoms with Gasteiger partial charge in [0.15, 0.2) is 0 Å². The zero-order valence-corrected chi connectivity index (χ0v) is 15.5. The largest absolute Gasteiger partial charge is 0.462 e. The number of nitrogens with one attached hydrogen (secondary N) is 1. The Morgan fingerprint density at radius 1 is 1.12 bits per heavy atom. The Labute approximate surface area is 148 Å². The van der Waals surface area contributed by atoms with E-state index in [1.165, 1.54) is 11.3 Å². The molecule has 1 aromatic heterocycles. The lowest BCUT2D eigenvalue weighted by atomic mass is 9.75. The van der Waals surface area contributed by atoms with Gasteiger partial charge in [-0.2, -0.15) is 0 Å². The number of esters is 1. The summed E-state index contributed by atoms with van der Waals surface area (Å²) < 4.78 is 5.26. The Morgan fingerprint density at radius 2 is 1.83 bits per heavy atom. The van der Waals surface area contributed by atoms with Crippen LogP contribution in [-0.2, 0) is 22.4 Å². The van der Waals surface area contributed by atoms with E-state index in [1.807, 2.05) is 6.92 Å². The summed E-state index contributed by atoms with van der Waals surface area (Å²) in [7, 11) is 0. The summed E-state index contributed by atoms with van der Waals surface area (Å²) in [6, 6.07) is 0. The number of hydrogen-bond acceptors (Lipinski definition) is 4. The molecule has 2 aliphatic rings. The van der Waals surface area contributed by atoms with Crippen molar-refractivity contribution in [3.63, 3.8) is 0 Å². The van der Waals surface area contributed by atoms with Gasteiger partial charge in [0.25, 0.3) is 0 Å². The minimum Gasteiger partial charge on any atom is -0.462 e. The number of hydrogen-bond donors (Lipinski definition) is 1. The molecular formula is C19H27NO3S. The highest BCUT2D eigenvalue weighted by Gasteiger charge is 2.36. The van der Waals surface area contributed by atoms with E-state index < -0.39 is 0 Å². The summed E-state index contributed by atoms with van der Waals surface area (Å²) >= 11 is 1.57. The fourth-order valence-electron chi connectivity index (χ4n) is 3.89. The summed E-state index contributed by atoms with van der Waals surface area (Å²) in [6.45, 7) is 4.23. The predicted molar refractivity (Wildman–Crippen MR) is 96.7 cm³/mol. The van der Waals surface area contributed by atoms with E-state index in [0.29, 0.717) is 17.2 Å². The molecule has 3 rings (SSSR count). The molecular weight excluding hydrogens is 322 g/mol. The number of anilines is 1. The van der Waals surface area contributed by atoms with E-state index >= 15 is 0 Å². The molecule has 1 amide bonds. The molecule has 0 aromatic carbocycles. The Hall–Kier alpha value is -1.36. The van der Waals surface area contributed by atoms with Gasteiger partial charge in [0.1, 0.15) is 5.00 Å². The Kier molecular flexibility index (Phi) is 5.28. The van der Waals surface area contributed by atoms with Crippen molar-refractivity contribution in [3.8, 4) is 0 Å². The molecule has 0 bridgehead atoms. The second kappa shape index (κ2) is 7.26. The minimum atomic E-state index is -0.311. The number of aryl methyl sites for hydroxylation is 1. The van der Waals surface area contributed by atoms with Crippen molar-refractivity contribution in [2.45, 2.75) is 71.6 Å². The van der Waals surface area contributed by atoms with Crippen molar-refractivity contribution in [3.05, 3.63) is 16.0 Å². The average molecular weight is 349 g/mol. The van der Waals surface area contributed by atoms with Gasteiger partial charge >= 0.3 is 5.97 Å². The van der Waals surface area contributed by atoms with Crippen molar-refractivity contribution in [2.24, 2.45) is 5.41 Å². The second-order valence-corrected chi connectivity index (χ2v) is 8.32. The van der Waals surface area contributed by atoms with Crippen molar-refractivity contribution >= 4 is 28.2 Å². The van der Waals surface area contributed by atoms with Gasteiger partial charge in [-0.3, -0.25) is 4.79 Å². The molecule has 0 atom stereocenters. The van der Waals surface area contributed by atoms with Crippen LogP contribution in [0.15, 0.2) is 0 Å².